The van der Waals surface area contributed by atoms with E-state index in [4.69, 9.17) is 0 Å². The molecule has 10 heteroatoms. The number of aromatic nitrogens is 3. The molecule has 0 spiro atoms. The van der Waals surface area contributed by atoms with Gasteiger partial charge in [-0.15, -0.1) is 0 Å². The van der Waals surface area contributed by atoms with Crippen LogP contribution in [0.1, 0.15) is 41.5 Å². The van der Waals surface area contributed by atoms with Crippen LogP contribution in [0.15, 0.2) is 23.2 Å². The molecule has 2 aromatic heterocycles. The highest BCUT2D eigenvalue weighted by molar-refractivity contribution is 7.89. The van der Waals surface area contributed by atoms with Crippen molar-refractivity contribution < 1.29 is 21.6 Å². The molecule has 0 bridgehead atoms. The summed E-state index contributed by atoms with van der Waals surface area (Å²) in [6.45, 7) is 1.76. The van der Waals surface area contributed by atoms with Crippen LogP contribution in [0, 0.1) is 6.92 Å². The van der Waals surface area contributed by atoms with Crippen molar-refractivity contribution in [1.82, 2.24) is 19.5 Å². The van der Waals surface area contributed by atoms with Gasteiger partial charge in [0.2, 0.25) is 10.0 Å². The van der Waals surface area contributed by atoms with Gasteiger partial charge in [-0.25, -0.2) is 13.1 Å². The second-order valence-corrected chi connectivity index (χ2v) is 7.67. The van der Waals surface area contributed by atoms with E-state index < -0.39 is 32.8 Å². The van der Waals surface area contributed by atoms with Crippen LogP contribution in [0.4, 0.5) is 13.2 Å². The van der Waals surface area contributed by atoms with Gasteiger partial charge in [0.25, 0.3) is 0 Å². The van der Waals surface area contributed by atoms with Crippen LogP contribution in [0.5, 0.6) is 0 Å². The van der Waals surface area contributed by atoms with E-state index in [1.54, 1.807) is 18.7 Å². The summed E-state index contributed by atoms with van der Waals surface area (Å²) < 4.78 is 68.6. The maximum absolute atomic E-state index is 13.1. The second kappa shape index (κ2) is 6.10. The van der Waals surface area contributed by atoms with Crippen LogP contribution < -0.4 is 4.72 Å². The van der Waals surface area contributed by atoms with Crippen molar-refractivity contribution in [2.75, 3.05) is 0 Å². The zero-order valence-corrected chi connectivity index (χ0v) is 14.4. The van der Waals surface area contributed by atoms with E-state index in [1.165, 1.54) is 6.07 Å². The minimum Gasteiger partial charge on any atom is -0.272 e. The molecule has 1 N–H and O–H groups in total. The summed E-state index contributed by atoms with van der Waals surface area (Å²) in [5.74, 6) is 0. The Kier molecular flexibility index (Phi) is 4.36. The molecular formula is C15H17F3N4O2S. The molecule has 0 saturated heterocycles. The summed E-state index contributed by atoms with van der Waals surface area (Å²) >= 11 is 0. The topological polar surface area (TPSA) is 76.9 Å². The van der Waals surface area contributed by atoms with Gasteiger partial charge in [-0.05, 0) is 38.3 Å². The fourth-order valence-corrected chi connectivity index (χ4v) is 4.70. The lowest BCUT2D eigenvalue weighted by Crippen LogP contribution is -2.33. The van der Waals surface area contributed by atoms with Gasteiger partial charge < -0.3 is 0 Å². The smallest absolute Gasteiger partial charge is 0.272 e. The summed E-state index contributed by atoms with van der Waals surface area (Å²) in [6.07, 6.45) is -1.95. The van der Waals surface area contributed by atoms with Crippen LogP contribution in [-0.4, -0.2) is 23.2 Å². The minimum absolute atomic E-state index is 0.500. The summed E-state index contributed by atoms with van der Waals surface area (Å²) in [7, 11) is -2.62. The maximum atomic E-state index is 13.1. The molecule has 0 aromatic carbocycles. The summed E-state index contributed by atoms with van der Waals surface area (Å²) in [6, 6.07) is 1.48. The van der Waals surface area contributed by atoms with Crippen molar-refractivity contribution in [3.63, 3.8) is 0 Å². The third kappa shape index (κ3) is 3.28. The standard InChI is InChI=1S/C15H17F3N4O2S/c1-9-13-10(5-3-6-11(13)22(2)20-9)21-25(23,24)12-7-4-8-19-14(12)15(16,17)18/h4,7-8,10,21H,3,5-6H2,1-2H3. The Balaban J connectivity index is 2.00. The maximum Gasteiger partial charge on any atom is 0.434 e. The number of sulfonamides is 1. The van der Waals surface area contributed by atoms with E-state index in [0.717, 1.165) is 36.4 Å². The number of fused-ring (bicyclic) bond motifs is 1. The Bertz CT molecular complexity index is 906. The third-order valence-electron chi connectivity index (χ3n) is 4.27. The van der Waals surface area contributed by atoms with E-state index in [1.807, 2.05) is 0 Å². The van der Waals surface area contributed by atoms with Gasteiger partial charge >= 0.3 is 6.18 Å². The minimum atomic E-state index is -4.85. The highest BCUT2D eigenvalue weighted by Gasteiger charge is 2.40. The molecule has 25 heavy (non-hydrogen) atoms. The molecule has 2 heterocycles. The van der Waals surface area contributed by atoms with Gasteiger partial charge in [-0.2, -0.15) is 18.3 Å². The Hall–Kier alpha value is -1.94. The summed E-state index contributed by atoms with van der Waals surface area (Å²) in [4.78, 5) is 2.35. The molecule has 2 aromatic rings. The quantitative estimate of drug-likeness (QED) is 0.896. The number of hydrogen-bond acceptors (Lipinski definition) is 4. The van der Waals surface area contributed by atoms with Crippen LogP contribution in [0.2, 0.25) is 0 Å². The lowest BCUT2D eigenvalue weighted by atomic mass is 9.92. The van der Waals surface area contributed by atoms with E-state index in [9.17, 15) is 21.6 Å². The van der Waals surface area contributed by atoms with Gasteiger partial charge in [0.05, 0.1) is 11.7 Å². The number of nitrogens with zero attached hydrogens (tertiary/aromatic N) is 3. The van der Waals surface area contributed by atoms with E-state index in [2.05, 4.69) is 14.8 Å². The van der Waals surface area contributed by atoms with Crippen molar-refractivity contribution in [3.8, 4) is 0 Å². The number of pyridine rings is 1. The predicted octanol–water partition coefficient (Wildman–Crippen LogP) is 2.50. The second-order valence-electron chi connectivity index (χ2n) is 5.98. The molecular weight excluding hydrogens is 357 g/mol. The molecule has 1 aliphatic rings. The van der Waals surface area contributed by atoms with Crippen molar-refractivity contribution >= 4 is 10.0 Å². The van der Waals surface area contributed by atoms with Crippen molar-refractivity contribution in [1.29, 1.82) is 0 Å². The van der Waals surface area contributed by atoms with Crippen molar-refractivity contribution in [3.05, 3.63) is 41.0 Å². The first kappa shape index (κ1) is 17.9. The third-order valence-corrected chi connectivity index (χ3v) is 5.78. The molecule has 136 valence electrons. The average molecular weight is 374 g/mol. The Labute approximate surface area is 143 Å². The number of hydrogen-bond donors (Lipinski definition) is 1. The number of aryl methyl sites for hydroxylation is 2. The van der Waals surface area contributed by atoms with Crippen molar-refractivity contribution in [2.45, 2.75) is 43.3 Å². The number of rotatable bonds is 3. The molecule has 3 rings (SSSR count). The van der Waals surface area contributed by atoms with Gasteiger partial charge in [-0.1, -0.05) is 0 Å². The van der Waals surface area contributed by atoms with Gasteiger partial charge in [0.1, 0.15) is 4.90 Å². The Morgan fingerprint density at radius 1 is 1.36 bits per heavy atom. The van der Waals surface area contributed by atoms with E-state index >= 15 is 0 Å². The fourth-order valence-electron chi connectivity index (χ4n) is 3.28. The van der Waals surface area contributed by atoms with Gasteiger partial charge in [-0.3, -0.25) is 9.67 Å². The molecule has 6 nitrogen and oxygen atoms in total. The SMILES string of the molecule is Cc1nn(C)c2c1C(NS(=O)(=O)c1cccnc1C(F)(F)F)CCC2. The normalized spacial score (nSPS) is 18.2. The van der Waals surface area contributed by atoms with Gasteiger partial charge in [0, 0.05) is 24.5 Å². The van der Waals surface area contributed by atoms with Crippen LogP contribution in [0.25, 0.3) is 0 Å². The number of nitrogens with one attached hydrogen (secondary N) is 1. The van der Waals surface area contributed by atoms with E-state index in [0.29, 0.717) is 12.1 Å². The molecule has 1 aliphatic carbocycles. The summed E-state index contributed by atoms with van der Waals surface area (Å²) in [5.41, 5.74) is 0.905. The highest BCUT2D eigenvalue weighted by atomic mass is 32.2. The first-order chi connectivity index (χ1) is 11.6. The zero-order chi connectivity index (χ0) is 18.4. The molecule has 0 fully saturated rings. The van der Waals surface area contributed by atoms with E-state index in [-0.39, 0.29) is 0 Å². The molecule has 0 radical (unpaired) electrons. The average Bonchev–Trinajstić information content (AvgIpc) is 2.82. The first-order valence-electron chi connectivity index (χ1n) is 7.68. The number of alkyl halides is 3. The van der Waals surface area contributed by atoms with Crippen LogP contribution in [0.3, 0.4) is 0 Å². The zero-order valence-electron chi connectivity index (χ0n) is 13.6. The molecule has 0 amide bonds. The molecule has 1 atom stereocenters. The van der Waals surface area contributed by atoms with Crippen molar-refractivity contribution in [2.24, 2.45) is 7.05 Å². The Morgan fingerprint density at radius 2 is 2.08 bits per heavy atom. The van der Waals surface area contributed by atoms with Gasteiger partial charge in [0.15, 0.2) is 5.69 Å². The first-order valence-corrected chi connectivity index (χ1v) is 9.16. The molecule has 0 aliphatic heterocycles. The Morgan fingerprint density at radius 3 is 2.76 bits per heavy atom. The lowest BCUT2D eigenvalue weighted by molar-refractivity contribution is -0.143. The van der Waals surface area contributed by atoms with Crippen LogP contribution in [-0.2, 0) is 29.7 Å². The largest absolute Gasteiger partial charge is 0.434 e. The lowest BCUT2D eigenvalue weighted by Gasteiger charge is -2.25. The monoisotopic (exact) mass is 374 g/mol. The summed E-state index contributed by atoms with van der Waals surface area (Å²) in [5, 5.41) is 4.29. The van der Waals surface area contributed by atoms with Crippen LogP contribution >= 0.6 is 0 Å². The predicted molar refractivity (Wildman–Crippen MR) is 83.2 cm³/mol. The number of halogens is 3. The fraction of sp³-hybridized carbons (Fsp3) is 0.467. The molecule has 0 saturated carbocycles. The highest BCUT2D eigenvalue weighted by Crippen LogP contribution is 2.35. The molecule has 1 unspecified atom stereocenters.